The van der Waals surface area contributed by atoms with E-state index in [9.17, 15) is 4.79 Å². The van der Waals surface area contributed by atoms with Gasteiger partial charge in [-0.1, -0.05) is 22.4 Å². The molecular weight excluding hydrogens is 238 g/mol. The second kappa shape index (κ2) is 5.17. The van der Waals surface area contributed by atoms with Crippen LogP contribution in [0.3, 0.4) is 0 Å². The van der Waals surface area contributed by atoms with Crippen LogP contribution in [-0.2, 0) is 6.61 Å². The molecule has 0 bridgehead atoms. The van der Waals surface area contributed by atoms with E-state index in [2.05, 4.69) is 15.4 Å². The summed E-state index contributed by atoms with van der Waals surface area (Å²) >= 11 is 0. The Labute approximate surface area is 102 Å². The number of nitrogens with zero attached hydrogens (tertiary/aromatic N) is 2. The van der Waals surface area contributed by atoms with Crippen molar-refractivity contribution in [3.8, 4) is 11.6 Å². The highest BCUT2D eigenvalue weighted by molar-refractivity contribution is 5.87. The van der Waals surface area contributed by atoms with Crippen molar-refractivity contribution in [1.82, 2.24) is 15.4 Å². The predicted molar refractivity (Wildman–Crippen MR) is 60.7 cm³/mol. The van der Waals surface area contributed by atoms with Gasteiger partial charge in [0.15, 0.2) is 0 Å². The molecule has 0 atom stereocenters. The number of hydrogen-bond acceptors (Lipinski definition) is 5. The topological polar surface area (TPSA) is 97.3 Å². The average Bonchev–Trinajstić information content (AvgIpc) is 2.85. The molecule has 0 saturated carbocycles. The summed E-state index contributed by atoms with van der Waals surface area (Å²) in [7, 11) is 1.58. The van der Waals surface area contributed by atoms with Gasteiger partial charge in [0.1, 0.15) is 12.4 Å². The van der Waals surface area contributed by atoms with Crippen molar-refractivity contribution in [2.45, 2.75) is 6.61 Å². The summed E-state index contributed by atoms with van der Waals surface area (Å²) in [6.07, 6.45) is 0. The summed E-state index contributed by atoms with van der Waals surface area (Å²) in [4.78, 5) is 10.8. The first kappa shape index (κ1) is 11.9. The lowest BCUT2D eigenvalue weighted by Crippen LogP contribution is -2.03. The van der Waals surface area contributed by atoms with E-state index < -0.39 is 5.97 Å². The first-order valence-corrected chi connectivity index (χ1v) is 5.11. The third kappa shape index (κ3) is 2.57. The number of aromatic nitrogens is 3. The summed E-state index contributed by atoms with van der Waals surface area (Å²) in [6, 6.07) is 7.22. The summed E-state index contributed by atoms with van der Waals surface area (Å²) in [5, 5.41) is 18.0. The van der Waals surface area contributed by atoms with Gasteiger partial charge in [-0.2, -0.15) is 0 Å². The van der Waals surface area contributed by atoms with E-state index in [0.717, 1.165) is 11.3 Å². The van der Waals surface area contributed by atoms with E-state index >= 15 is 0 Å². The number of H-pyrrole nitrogens is 1. The zero-order valence-electron chi connectivity index (χ0n) is 9.58. The molecule has 2 N–H and O–H groups in total. The van der Waals surface area contributed by atoms with Gasteiger partial charge in [0.05, 0.1) is 7.11 Å². The Bertz CT molecular complexity index is 535. The lowest BCUT2D eigenvalue weighted by Gasteiger charge is -2.04. The molecule has 1 aromatic heterocycles. The van der Waals surface area contributed by atoms with Crippen LogP contribution in [0.25, 0.3) is 0 Å². The average molecular weight is 249 g/mol. The van der Waals surface area contributed by atoms with Gasteiger partial charge in [0.25, 0.3) is 5.88 Å². The van der Waals surface area contributed by atoms with Gasteiger partial charge in [0.2, 0.25) is 5.69 Å². The number of ether oxygens (including phenoxy) is 2. The van der Waals surface area contributed by atoms with Crippen molar-refractivity contribution in [1.29, 1.82) is 0 Å². The lowest BCUT2D eigenvalue weighted by molar-refractivity contribution is 0.0685. The molecule has 0 radical (unpaired) electrons. The van der Waals surface area contributed by atoms with Crippen molar-refractivity contribution < 1.29 is 19.4 Å². The van der Waals surface area contributed by atoms with E-state index in [1.807, 2.05) is 12.1 Å². The minimum absolute atomic E-state index is 0.0293. The zero-order chi connectivity index (χ0) is 13.0. The number of rotatable bonds is 5. The van der Waals surface area contributed by atoms with Crippen LogP contribution in [0, 0.1) is 0 Å². The van der Waals surface area contributed by atoms with Crippen molar-refractivity contribution in [2.24, 2.45) is 0 Å². The van der Waals surface area contributed by atoms with Crippen LogP contribution in [0.2, 0.25) is 0 Å². The van der Waals surface area contributed by atoms with Crippen LogP contribution in [0.4, 0.5) is 0 Å². The van der Waals surface area contributed by atoms with Gasteiger partial charge in [-0.3, -0.25) is 0 Å². The van der Waals surface area contributed by atoms with Crippen molar-refractivity contribution in [3.05, 3.63) is 35.5 Å². The fraction of sp³-hybridized carbons (Fsp3) is 0.182. The summed E-state index contributed by atoms with van der Waals surface area (Å²) in [5.41, 5.74) is 0.707. The Hall–Kier alpha value is -2.57. The number of aromatic carboxylic acids is 1. The number of nitrogens with one attached hydrogen (secondary N) is 1. The van der Waals surface area contributed by atoms with Crippen LogP contribution in [0.1, 0.15) is 16.1 Å². The number of methoxy groups -OCH3 is 1. The molecule has 1 aromatic carbocycles. The molecule has 0 saturated heterocycles. The molecular formula is C11H11N3O4. The minimum Gasteiger partial charge on any atom is -0.497 e. The van der Waals surface area contributed by atoms with Gasteiger partial charge in [0, 0.05) is 0 Å². The van der Waals surface area contributed by atoms with E-state index in [1.165, 1.54) is 0 Å². The van der Waals surface area contributed by atoms with Crippen LogP contribution >= 0.6 is 0 Å². The molecule has 18 heavy (non-hydrogen) atoms. The monoisotopic (exact) mass is 249 g/mol. The van der Waals surface area contributed by atoms with Crippen LogP contribution in [0.5, 0.6) is 11.6 Å². The Balaban J connectivity index is 2.02. The number of aromatic amines is 1. The highest BCUT2D eigenvalue weighted by atomic mass is 16.5. The first-order chi connectivity index (χ1) is 8.70. The second-order valence-corrected chi connectivity index (χ2v) is 3.43. The number of carboxylic acid groups (broad SMARTS) is 1. The van der Waals surface area contributed by atoms with E-state index in [-0.39, 0.29) is 18.2 Å². The molecule has 0 unspecified atom stereocenters. The van der Waals surface area contributed by atoms with E-state index in [1.54, 1.807) is 19.2 Å². The maximum Gasteiger partial charge on any atom is 0.359 e. The number of hydrogen-bond donors (Lipinski definition) is 2. The molecule has 2 rings (SSSR count). The largest absolute Gasteiger partial charge is 0.497 e. The normalized spacial score (nSPS) is 10.1. The maximum absolute atomic E-state index is 10.8. The summed E-state index contributed by atoms with van der Waals surface area (Å²) in [6.45, 7) is 0.205. The number of carbonyl (C=O) groups is 1. The van der Waals surface area contributed by atoms with Crippen molar-refractivity contribution in [2.75, 3.05) is 7.11 Å². The van der Waals surface area contributed by atoms with Crippen molar-refractivity contribution in [3.63, 3.8) is 0 Å². The fourth-order valence-corrected chi connectivity index (χ4v) is 1.33. The van der Waals surface area contributed by atoms with E-state index in [0.29, 0.717) is 0 Å². The molecule has 7 heteroatoms. The SMILES string of the molecule is COc1ccc(COc2nn[nH]c2C(=O)O)cc1. The molecule has 7 nitrogen and oxygen atoms in total. The third-order valence-electron chi connectivity index (χ3n) is 2.26. The van der Waals surface area contributed by atoms with Gasteiger partial charge in [-0.05, 0) is 17.7 Å². The standard InChI is InChI=1S/C11H11N3O4/c1-17-8-4-2-7(3-5-8)6-18-10-9(11(15)16)12-14-13-10/h2-5H,6H2,1H3,(H,15,16)(H,12,13,14). The van der Waals surface area contributed by atoms with Gasteiger partial charge >= 0.3 is 5.97 Å². The summed E-state index contributed by atoms with van der Waals surface area (Å²) in [5.74, 6) is -0.450. The molecule has 2 aromatic rings. The van der Waals surface area contributed by atoms with Crippen LogP contribution < -0.4 is 9.47 Å². The highest BCUT2D eigenvalue weighted by Crippen LogP contribution is 2.15. The highest BCUT2D eigenvalue weighted by Gasteiger charge is 2.15. The first-order valence-electron chi connectivity index (χ1n) is 5.11. The second-order valence-electron chi connectivity index (χ2n) is 3.43. The molecule has 1 heterocycles. The molecule has 0 amide bonds. The Morgan fingerprint density at radius 2 is 2.11 bits per heavy atom. The molecule has 0 spiro atoms. The fourth-order valence-electron chi connectivity index (χ4n) is 1.33. The lowest BCUT2D eigenvalue weighted by atomic mass is 10.2. The molecule has 0 aliphatic carbocycles. The molecule has 0 aliphatic rings. The summed E-state index contributed by atoms with van der Waals surface area (Å²) < 4.78 is 10.3. The van der Waals surface area contributed by atoms with Gasteiger partial charge in [-0.25, -0.2) is 9.89 Å². The quantitative estimate of drug-likeness (QED) is 0.823. The minimum atomic E-state index is -1.16. The van der Waals surface area contributed by atoms with Crippen LogP contribution in [-0.4, -0.2) is 33.6 Å². The zero-order valence-corrected chi connectivity index (χ0v) is 9.58. The van der Waals surface area contributed by atoms with Gasteiger partial charge in [-0.15, -0.1) is 0 Å². The number of benzene rings is 1. The molecule has 94 valence electrons. The number of carboxylic acids is 1. The molecule has 0 fully saturated rings. The van der Waals surface area contributed by atoms with Gasteiger partial charge < -0.3 is 14.6 Å². The Kier molecular flexibility index (Phi) is 3.42. The predicted octanol–water partition coefficient (Wildman–Crippen LogP) is 1.09. The Morgan fingerprint density at radius 1 is 1.39 bits per heavy atom. The third-order valence-corrected chi connectivity index (χ3v) is 2.26. The smallest absolute Gasteiger partial charge is 0.359 e. The van der Waals surface area contributed by atoms with Crippen LogP contribution in [0.15, 0.2) is 24.3 Å². The molecule has 0 aliphatic heterocycles. The maximum atomic E-state index is 10.8. The Morgan fingerprint density at radius 3 is 2.72 bits per heavy atom. The van der Waals surface area contributed by atoms with Crippen molar-refractivity contribution >= 4 is 5.97 Å². The van der Waals surface area contributed by atoms with E-state index in [4.69, 9.17) is 14.6 Å².